The highest BCUT2D eigenvalue weighted by Crippen LogP contribution is 2.47. The van der Waals surface area contributed by atoms with E-state index in [1.54, 1.807) is 24.4 Å². The molecule has 0 unspecified atom stereocenters. The number of esters is 1. The van der Waals surface area contributed by atoms with Crippen LogP contribution in [0.3, 0.4) is 0 Å². The Morgan fingerprint density at radius 2 is 1.75 bits per heavy atom. The molecule has 2 saturated heterocycles. The summed E-state index contributed by atoms with van der Waals surface area (Å²) in [5.74, 6) is -0.678. The maximum absolute atomic E-state index is 13.7. The molecule has 2 aliphatic heterocycles. The molecule has 2 aromatic carbocycles. The topological polar surface area (TPSA) is 97.8 Å². The summed E-state index contributed by atoms with van der Waals surface area (Å²) >= 11 is 12.9. The summed E-state index contributed by atoms with van der Waals surface area (Å²) in [5, 5.41) is 15.3. The molecule has 0 amide bonds. The summed E-state index contributed by atoms with van der Waals surface area (Å²) in [6, 6.07) is 11.6. The van der Waals surface area contributed by atoms with Crippen LogP contribution in [0.1, 0.15) is 70.9 Å². The number of nitrogens with zero attached hydrogens (tertiary/aromatic N) is 3. The van der Waals surface area contributed by atoms with Crippen LogP contribution in [0.25, 0.3) is 22.2 Å². The van der Waals surface area contributed by atoms with Crippen molar-refractivity contribution in [3.05, 3.63) is 69.5 Å². The van der Waals surface area contributed by atoms with Gasteiger partial charge in [-0.2, -0.15) is 0 Å². The molecule has 8 nitrogen and oxygen atoms in total. The Hall–Kier alpha value is -3.49. The monoisotopic (exact) mass is 579 g/mol. The first-order valence-electron chi connectivity index (χ1n) is 13.6. The summed E-state index contributed by atoms with van der Waals surface area (Å²) in [4.78, 5) is 27.8. The largest absolute Gasteiger partial charge is 0.478 e. The van der Waals surface area contributed by atoms with Crippen LogP contribution in [-0.2, 0) is 11.8 Å². The van der Waals surface area contributed by atoms with E-state index in [-0.39, 0.29) is 24.1 Å². The van der Waals surface area contributed by atoms with E-state index >= 15 is 0 Å². The number of hydrogen-bond acceptors (Lipinski definition) is 6. The van der Waals surface area contributed by atoms with Crippen molar-refractivity contribution in [2.75, 3.05) is 4.90 Å². The lowest BCUT2D eigenvalue weighted by Crippen LogP contribution is -2.46. The van der Waals surface area contributed by atoms with E-state index in [2.05, 4.69) is 16.1 Å². The first-order chi connectivity index (χ1) is 19.3. The molecular weight excluding hydrogens is 553 g/mol. The van der Waals surface area contributed by atoms with Gasteiger partial charge in [-0.05, 0) is 56.0 Å². The third-order valence-electron chi connectivity index (χ3n) is 8.54. The lowest BCUT2D eigenvalue weighted by Gasteiger charge is -2.40. The molecule has 2 bridgehead atoms. The number of benzene rings is 2. The Kier molecular flexibility index (Phi) is 6.09. The molecule has 1 aliphatic carbocycles. The lowest BCUT2D eigenvalue weighted by atomic mass is 9.98. The van der Waals surface area contributed by atoms with Crippen molar-refractivity contribution in [3.63, 3.8) is 0 Å². The third kappa shape index (κ3) is 4.16. The van der Waals surface area contributed by atoms with Gasteiger partial charge in [0.1, 0.15) is 17.4 Å². The number of carbonyl (C=O) groups is 2. The van der Waals surface area contributed by atoms with Crippen LogP contribution in [0, 0.1) is 0 Å². The average molecular weight is 580 g/mol. The molecule has 2 aromatic heterocycles. The van der Waals surface area contributed by atoms with Crippen LogP contribution in [0.15, 0.2) is 47.1 Å². The summed E-state index contributed by atoms with van der Waals surface area (Å²) in [6.45, 7) is 0. The van der Waals surface area contributed by atoms with Gasteiger partial charge in [-0.15, -0.1) is 0 Å². The molecule has 10 heteroatoms. The number of aromatic carboxylic acids is 1. The smallest absolute Gasteiger partial charge is 0.344 e. The number of carbonyl (C=O) groups excluding carboxylic acids is 1. The fourth-order valence-corrected chi connectivity index (χ4v) is 7.15. The van der Waals surface area contributed by atoms with Gasteiger partial charge in [0.15, 0.2) is 5.76 Å². The number of aryl methyl sites for hydroxylation is 1. The van der Waals surface area contributed by atoms with E-state index in [1.807, 2.05) is 23.7 Å². The number of rotatable bonds is 6. The van der Waals surface area contributed by atoms with Crippen molar-refractivity contribution in [2.24, 2.45) is 7.05 Å². The Bertz CT molecular complexity index is 1640. The molecule has 40 heavy (non-hydrogen) atoms. The van der Waals surface area contributed by atoms with Crippen molar-refractivity contribution in [1.82, 2.24) is 9.72 Å². The van der Waals surface area contributed by atoms with Gasteiger partial charge in [0.2, 0.25) is 0 Å². The quantitative estimate of drug-likeness (QED) is 0.244. The molecule has 4 heterocycles. The molecule has 7 rings (SSSR count). The zero-order valence-electron chi connectivity index (χ0n) is 21.8. The van der Waals surface area contributed by atoms with E-state index in [0.29, 0.717) is 51.0 Å². The Morgan fingerprint density at radius 3 is 2.40 bits per heavy atom. The maximum atomic E-state index is 13.7. The first-order valence-corrected chi connectivity index (χ1v) is 14.3. The minimum Gasteiger partial charge on any atom is -0.478 e. The van der Waals surface area contributed by atoms with Crippen LogP contribution in [0.4, 0.5) is 5.69 Å². The summed E-state index contributed by atoms with van der Waals surface area (Å²) < 4.78 is 13.7. The normalized spacial score (nSPS) is 22.2. The highest BCUT2D eigenvalue weighted by atomic mass is 35.5. The molecule has 1 saturated carbocycles. The number of fused-ring (bicyclic) bond motifs is 3. The fraction of sp³-hybridized carbons (Fsp3) is 0.367. The van der Waals surface area contributed by atoms with E-state index in [9.17, 15) is 14.7 Å². The third-order valence-corrected chi connectivity index (χ3v) is 9.17. The van der Waals surface area contributed by atoms with Gasteiger partial charge in [0, 0.05) is 60.7 Å². The predicted octanol–water partition coefficient (Wildman–Crippen LogP) is 7.07. The Morgan fingerprint density at radius 1 is 1.05 bits per heavy atom. The van der Waals surface area contributed by atoms with Gasteiger partial charge in [-0.3, -0.25) is 0 Å². The number of halogens is 2. The van der Waals surface area contributed by atoms with E-state index in [4.69, 9.17) is 32.5 Å². The van der Waals surface area contributed by atoms with Gasteiger partial charge < -0.3 is 23.8 Å². The zero-order valence-corrected chi connectivity index (χ0v) is 23.3. The second-order valence-corrected chi connectivity index (χ2v) is 11.9. The number of anilines is 1. The summed E-state index contributed by atoms with van der Waals surface area (Å²) in [7, 11) is 1.86. The minimum atomic E-state index is -0.932. The van der Waals surface area contributed by atoms with Gasteiger partial charge in [-0.25, -0.2) is 9.59 Å². The number of carboxylic acid groups (broad SMARTS) is 1. The van der Waals surface area contributed by atoms with Crippen LogP contribution in [-0.4, -0.2) is 45.0 Å². The van der Waals surface area contributed by atoms with Gasteiger partial charge in [0.25, 0.3) is 0 Å². The highest BCUT2D eigenvalue weighted by molar-refractivity contribution is 6.39. The Labute approximate surface area is 240 Å². The number of hydrogen-bond donors (Lipinski definition) is 1. The van der Waals surface area contributed by atoms with Crippen LogP contribution < -0.4 is 4.90 Å². The van der Waals surface area contributed by atoms with Crippen LogP contribution in [0.2, 0.25) is 10.0 Å². The summed E-state index contributed by atoms with van der Waals surface area (Å²) in [5.41, 5.74) is 3.39. The van der Waals surface area contributed by atoms with Crippen LogP contribution in [0.5, 0.6) is 0 Å². The molecule has 3 atom stereocenters. The van der Waals surface area contributed by atoms with Gasteiger partial charge >= 0.3 is 11.9 Å². The first kappa shape index (κ1) is 25.5. The minimum absolute atomic E-state index is 0.150. The number of piperidine rings is 1. The average Bonchev–Trinajstić information content (AvgIpc) is 3.50. The molecule has 206 valence electrons. The molecule has 3 fully saturated rings. The molecule has 0 radical (unpaired) electrons. The van der Waals surface area contributed by atoms with E-state index in [1.165, 1.54) is 0 Å². The predicted molar refractivity (Wildman–Crippen MR) is 152 cm³/mol. The van der Waals surface area contributed by atoms with Crippen molar-refractivity contribution in [1.29, 1.82) is 0 Å². The van der Waals surface area contributed by atoms with E-state index in [0.717, 1.165) is 42.3 Å². The van der Waals surface area contributed by atoms with Crippen LogP contribution >= 0.6 is 23.2 Å². The summed E-state index contributed by atoms with van der Waals surface area (Å²) in [6.07, 6.45) is 6.72. The van der Waals surface area contributed by atoms with Crippen molar-refractivity contribution < 1.29 is 24.0 Å². The number of ether oxygens (including phenoxy) is 1. The zero-order chi connectivity index (χ0) is 27.7. The van der Waals surface area contributed by atoms with Crippen molar-refractivity contribution >= 4 is 51.7 Å². The maximum Gasteiger partial charge on any atom is 0.344 e. The highest BCUT2D eigenvalue weighted by Gasteiger charge is 2.44. The SMILES string of the molecule is Cn1cc(C(=O)O)c2ccc(N3[C@@H]4CC[C@H]3C[C@H](OC(=O)c3c(-c5c(Cl)cccc5Cl)noc3C3CC3)C4)cc21. The van der Waals surface area contributed by atoms with Gasteiger partial charge in [-0.1, -0.05) is 34.4 Å². The number of carboxylic acids is 1. The standard InChI is InChI=1S/C30H27Cl2N3O5/c1-34-14-21(29(36)37)20-10-9-18(13-24(20)34)35-16-7-8-17(35)12-19(11-16)39-30(38)26-27(33-40-28(26)15-5-6-15)25-22(31)3-2-4-23(25)32/h2-4,9-10,13-17,19H,5-8,11-12H2,1H3,(H,36,37)/t16-,17+,19-. The molecular formula is C30H27Cl2N3O5. The lowest BCUT2D eigenvalue weighted by molar-refractivity contribution is 0.0202. The molecule has 4 aromatic rings. The fourth-order valence-electron chi connectivity index (χ4n) is 6.58. The molecule has 3 aliphatic rings. The van der Waals surface area contributed by atoms with Crippen molar-refractivity contribution in [3.8, 4) is 11.3 Å². The van der Waals surface area contributed by atoms with Crippen molar-refractivity contribution in [2.45, 2.75) is 62.6 Å². The van der Waals surface area contributed by atoms with Gasteiger partial charge in [0.05, 0.1) is 21.1 Å². The van der Waals surface area contributed by atoms with E-state index < -0.39 is 11.9 Å². The second-order valence-electron chi connectivity index (χ2n) is 11.1. The Balaban J connectivity index is 1.14. The number of aromatic nitrogens is 2. The molecule has 1 N–H and O–H groups in total. The molecule has 0 spiro atoms. The second kappa shape index (κ2) is 9.56.